The Hall–Kier alpha value is -7.68. The second kappa shape index (κ2) is 16.7. The van der Waals surface area contributed by atoms with Crippen molar-refractivity contribution in [2.45, 2.75) is 19.3 Å². The summed E-state index contributed by atoms with van der Waals surface area (Å²) in [7, 11) is 18.7. The van der Waals surface area contributed by atoms with Gasteiger partial charge in [0.25, 0.3) is 0 Å². The molecule has 2 heterocycles. The molecule has 0 fully saturated rings. The Balaban J connectivity index is 1.09. The molecule has 0 N–H and O–H groups in total. The van der Waals surface area contributed by atoms with Crippen molar-refractivity contribution in [3.63, 3.8) is 0 Å². The number of fused-ring (bicyclic) bond motifs is 9. The SMILES string of the molecule is Bc1c(B)c(B)c(-c2cccc3c2c2c(B)c(-c4ccc5c(c4)c4ccccc4n5-c4ccc(-c5ccccc5)cc4-c4ccccc4)c(B)c(B)c2n3-c2ccc3c(c2)-c2ccccc2C3(C)C)c(B)c1B. The summed E-state index contributed by atoms with van der Waals surface area (Å²) in [4.78, 5) is 0. The molecule has 0 saturated carbocycles. The van der Waals surface area contributed by atoms with E-state index in [0.29, 0.717) is 0 Å². The normalized spacial score (nSPS) is 12.8. The monoisotopic (exact) mass is 924 g/mol. The third-order valence-electron chi connectivity index (χ3n) is 17.5. The molecule has 73 heavy (non-hydrogen) atoms. The Morgan fingerprint density at radius 2 is 0.918 bits per heavy atom. The molecule has 2 nitrogen and oxygen atoms in total. The van der Waals surface area contributed by atoms with E-state index in [0.717, 1.165) is 0 Å². The van der Waals surface area contributed by atoms with E-state index in [-0.39, 0.29) is 5.41 Å². The van der Waals surface area contributed by atoms with E-state index in [2.05, 4.69) is 268 Å². The average molecular weight is 924 g/mol. The van der Waals surface area contributed by atoms with Crippen LogP contribution in [0.4, 0.5) is 0 Å². The number of hydrogen-bond donors (Lipinski definition) is 0. The zero-order chi connectivity index (χ0) is 50.2. The molecule has 0 unspecified atom stereocenters. The van der Waals surface area contributed by atoms with E-state index in [1.807, 2.05) is 0 Å². The van der Waals surface area contributed by atoms with Crippen LogP contribution in [0.2, 0.25) is 0 Å². The van der Waals surface area contributed by atoms with Crippen LogP contribution in [-0.2, 0) is 5.41 Å². The molecule has 13 rings (SSSR count). The average Bonchev–Trinajstić information content (AvgIpc) is 4.03. The van der Waals surface area contributed by atoms with Gasteiger partial charge in [-0.2, -0.15) is 0 Å². The summed E-state index contributed by atoms with van der Waals surface area (Å²) in [5.41, 5.74) is 33.5. The summed E-state index contributed by atoms with van der Waals surface area (Å²) in [5, 5.41) is 5.14. The first-order chi connectivity index (χ1) is 35.3. The second-order valence-corrected chi connectivity index (χ2v) is 21.5. The Morgan fingerprint density at radius 3 is 1.67 bits per heavy atom. The van der Waals surface area contributed by atoms with Gasteiger partial charge in [-0.1, -0.05) is 175 Å². The van der Waals surface area contributed by atoms with Crippen molar-refractivity contribution in [1.82, 2.24) is 9.13 Å². The first-order valence-corrected chi connectivity index (χ1v) is 26.0. The minimum Gasteiger partial charge on any atom is -0.310 e. The quantitative estimate of drug-likeness (QED) is 0.228. The molecular weight excluding hydrogens is 871 g/mol. The lowest BCUT2D eigenvalue weighted by molar-refractivity contribution is 0.660. The third kappa shape index (κ3) is 6.55. The molecule has 10 heteroatoms. The molecule has 12 aromatic rings. The molecule has 2 aromatic heterocycles. The molecule has 1 aliphatic carbocycles. The molecule has 0 bridgehead atoms. The summed E-state index contributed by atoms with van der Waals surface area (Å²) in [6.07, 6.45) is 0. The van der Waals surface area contributed by atoms with E-state index in [1.165, 1.54) is 165 Å². The Bertz CT molecular complexity index is 4290. The van der Waals surface area contributed by atoms with Gasteiger partial charge >= 0.3 is 0 Å². The number of nitrogens with zero attached hydrogens (tertiary/aromatic N) is 2. The minimum absolute atomic E-state index is 0.0722. The summed E-state index contributed by atoms with van der Waals surface area (Å²) < 4.78 is 5.09. The van der Waals surface area contributed by atoms with E-state index in [4.69, 9.17) is 0 Å². The van der Waals surface area contributed by atoms with Gasteiger partial charge in [0.15, 0.2) is 0 Å². The Morgan fingerprint density at radius 1 is 0.329 bits per heavy atom. The highest BCUT2D eigenvalue weighted by Crippen LogP contribution is 2.50. The highest BCUT2D eigenvalue weighted by atomic mass is 15.0. The lowest BCUT2D eigenvalue weighted by Gasteiger charge is -2.22. The number of aromatic nitrogens is 2. The van der Waals surface area contributed by atoms with Gasteiger partial charge in [0.05, 0.1) is 22.2 Å². The first-order valence-electron chi connectivity index (χ1n) is 26.0. The van der Waals surface area contributed by atoms with Crippen molar-refractivity contribution < 1.29 is 0 Å². The minimum atomic E-state index is -0.0722. The fourth-order valence-corrected chi connectivity index (χ4v) is 13.3. The van der Waals surface area contributed by atoms with Gasteiger partial charge in [-0.3, -0.25) is 0 Å². The van der Waals surface area contributed by atoms with Crippen molar-refractivity contribution >= 4 is 150 Å². The van der Waals surface area contributed by atoms with Crippen molar-refractivity contribution in [2.75, 3.05) is 0 Å². The van der Waals surface area contributed by atoms with E-state index in [1.54, 1.807) is 0 Å². The molecular formula is C63H52B8N2. The highest BCUT2D eigenvalue weighted by molar-refractivity contribution is 6.69. The molecule has 0 saturated heterocycles. The van der Waals surface area contributed by atoms with Gasteiger partial charge in [0, 0.05) is 43.7 Å². The number of para-hydroxylation sites is 1. The van der Waals surface area contributed by atoms with Crippen LogP contribution in [-0.4, -0.2) is 71.9 Å². The van der Waals surface area contributed by atoms with Crippen LogP contribution < -0.4 is 43.7 Å². The van der Waals surface area contributed by atoms with Crippen LogP contribution in [0.1, 0.15) is 25.0 Å². The van der Waals surface area contributed by atoms with Gasteiger partial charge in [-0.25, -0.2) is 0 Å². The molecule has 1 aliphatic rings. The largest absolute Gasteiger partial charge is 0.310 e. The smallest absolute Gasteiger partial charge is 0.141 e. The molecule has 0 radical (unpaired) electrons. The predicted molar refractivity (Wildman–Crippen MR) is 340 cm³/mol. The fraction of sp³-hybridized carbons (Fsp3) is 0.0476. The fourth-order valence-electron chi connectivity index (χ4n) is 13.3. The van der Waals surface area contributed by atoms with Crippen LogP contribution in [0.15, 0.2) is 182 Å². The van der Waals surface area contributed by atoms with Crippen molar-refractivity contribution in [3.05, 3.63) is 193 Å². The lowest BCUT2D eigenvalue weighted by Crippen LogP contribution is -2.55. The van der Waals surface area contributed by atoms with Crippen LogP contribution in [0, 0.1) is 0 Å². The predicted octanol–water partition coefficient (Wildman–Crippen LogP) is 2.92. The van der Waals surface area contributed by atoms with E-state index >= 15 is 0 Å². The maximum atomic E-state index is 2.60. The van der Waals surface area contributed by atoms with Gasteiger partial charge < -0.3 is 9.13 Å². The lowest BCUT2D eigenvalue weighted by atomic mass is 9.59. The molecule has 0 atom stereocenters. The maximum Gasteiger partial charge on any atom is 0.141 e. The van der Waals surface area contributed by atoms with Crippen molar-refractivity contribution in [1.29, 1.82) is 0 Å². The number of benzene rings is 10. The Kier molecular flexibility index (Phi) is 10.3. The van der Waals surface area contributed by atoms with E-state index in [9.17, 15) is 0 Å². The molecule has 10 aromatic carbocycles. The van der Waals surface area contributed by atoms with Crippen LogP contribution in [0.25, 0.3) is 111 Å². The van der Waals surface area contributed by atoms with Crippen LogP contribution in [0.3, 0.4) is 0 Å². The topological polar surface area (TPSA) is 9.86 Å². The molecule has 0 amide bonds. The zero-order valence-electron chi connectivity index (χ0n) is 43.7. The summed E-state index contributed by atoms with van der Waals surface area (Å²) in [6, 6.07) is 68.1. The summed E-state index contributed by atoms with van der Waals surface area (Å²) in [6.45, 7) is 4.75. The molecule has 0 aliphatic heterocycles. The first kappa shape index (κ1) is 45.2. The highest BCUT2D eigenvalue weighted by Gasteiger charge is 2.36. The van der Waals surface area contributed by atoms with Gasteiger partial charge in [0.1, 0.15) is 62.8 Å². The summed E-state index contributed by atoms with van der Waals surface area (Å²) >= 11 is 0. The second-order valence-electron chi connectivity index (χ2n) is 21.5. The molecule has 338 valence electrons. The van der Waals surface area contributed by atoms with Crippen LogP contribution >= 0.6 is 0 Å². The Labute approximate surface area is 436 Å². The van der Waals surface area contributed by atoms with Crippen molar-refractivity contribution in [3.8, 4) is 67.0 Å². The van der Waals surface area contributed by atoms with Gasteiger partial charge in [0.2, 0.25) is 0 Å². The van der Waals surface area contributed by atoms with E-state index < -0.39 is 0 Å². The zero-order valence-corrected chi connectivity index (χ0v) is 43.7. The van der Waals surface area contributed by atoms with Gasteiger partial charge in [-0.15, -0.1) is 16.4 Å². The standard InChI is InChI=1S/C63H52B8N2/c1-63(2)44-21-11-9-18-38(44)42-32-37(26-27-45(42)63)72-49-23-13-20-40(52-56(66)58(68)60(70)59(69)57(52)67)51(49)53-54(64)50(55(65)61(71)62(53)72)36-25-29-48-43(31-36)39-19-10-12-22-46(39)73(48)47-28-24-35(33-14-5-3-6-15-33)30-41(47)34-16-7-4-8-17-34/h3-32H,64-71H2,1-2H3. The van der Waals surface area contributed by atoms with Gasteiger partial charge in [-0.05, 0) is 110 Å². The maximum absolute atomic E-state index is 2.60. The van der Waals surface area contributed by atoms with Crippen molar-refractivity contribution in [2.24, 2.45) is 0 Å². The number of hydrogen-bond acceptors (Lipinski definition) is 0. The number of rotatable bonds is 6. The van der Waals surface area contributed by atoms with Crippen LogP contribution in [0.5, 0.6) is 0 Å². The third-order valence-corrected chi connectivity index (χ3v) is 17.5. The summed E-state index contributed by atoms with van der Waals surface area (Å²) in [5.74, 6) is 0. The molecule has 0 spiro atoms.